The Kier molecular flexibility index (Phi) is 3.54. The number of aliphatic hydroxyl groups excluding tert-OH is 1. The molecule has 0 aromatic carbocycles. The van der Waals surface area contributed by atoms with Crippen molar-refractivity contribution in [3.8, 4) is 11.8 Å². The molecule has 102 valence electrons. The van der Waals surface area contributed by atoms with E-state index in [4.69, 9.17) is 5.11 Å². The normalized spacial score (nSPS) is 13.6. The number of nitrogens with zero attached hydrogens (tertiary/aromatic N) is 3. The van der Waals surface area contributed by atoms with Gasteiger partial charge in [-0.05, 0) is 11.4 Å². The summed E-state index contributed by atoms with van der Waals surface area (Å²) in [6, 6.07) is 1.81. The third-order valence-electron chi connectivity index (χ3n) is 3.19. The number of aromatic nitrogens is 2. The monoisotopic (exact) mass is 287 g/mol. The van der Waals surface area contributed by atoms with Crippen molar-refractivity contribution in [1.82, 2.24) is 14.5 Å². The van der Waals surface area contributed by atoms with Gasteiger partial charge in [-0.3, -0.25) is 4.79 Å². The lowest BCUT2D eigenvalue weighted by atomic mass is 10.2. The Morgan fingerprint density at radius 2 is 2.40 bits per heavy atom. The molecule has 1 aliphatic rings. The number of imidazole rings is 1. The smallest absolute Gasteiger partial charge is 0.265 e. The zero-order valence-electron chi connectivity index (χ0n) is 10.7. The van der Waals surface area contributed by atoms with E-state index in [0.717, 1.165) is 12.4 Å². The Labute approximate surface area is 120 Å². The van der Waals surface area contributed by atoms with Crippen LogP contribution in [0.3, 0.4) is 0 Å². The molecule has 2 aromatic heterocycles. The van der Waals surface area contributed by atoms with E-state index in [-0.39, 0.29) is 12.5 Å². The second kappa shape index (κ2) is 5.49. The van der Waals surface area contributed by atoms with Crippen molar-refractivity contribution in [2.24, 2.45) is 0 Å². The Morgan fingerprint density at radius 3 is 3.25 bits per heavy atom. The minimum Gasteiger partial charge on any atom is -0.384 e. The van der Waals surface area contributed by atoms with Gasteiger partial charge in [-0.1, -0.05) is 11.8 Å². The van der Waals surface area contributed by atoms with Crippen LogP contribution in [0.15, 0.2) is 23.8 Å². The zero-order chi connectivity index (χ0) is 13.9. The largest absolute Gasteiger partial charge is 0.384 e. The van der Waals surface area contributed by atoms with E-state index in [1.54, 1.807) is 11.1 Å². The van der Waals surface area contributed by atoms with Gasteiger partial charge in [-0.15, -0.1) is 11.3 Å². The van der Waals surface area contributed by atoms with Gasteiger partial charge in [-0.2, -0.15) is 0 Å². The number of hydrogen-bond acceptors (Lipinski definition) is 4. The molecule has 3 rings (SSSR count). The predicted molar refractivity (Wildman–Crippen MR) is 75.3 cm³/mol. The maximum Gasteiger partial charge on any atom is 0.265 e. The third-order valence-corrected chi connectivity index (χ3v) is 4.10. The zero-order valence-corrected chi connectivity index (χ0v) is 11.6. The van der Waals surface area contributed by atoms with Crippen LogP contribution in [0.5, 0.6) is 0 Å². The number of thiophene rings is 1. The van der Waals surface area contributed by atoms with Crippen molar-refractivity contribution < 1.29 is 9.90 Å². The van der Waals surface area contributed by atoms with Crippen LogP contribution >= 0.6 is 11.3 Å². The Balaban J connectivity index is 1.82. The van der Waals surface area contributed by atoms with Crippen molar-refractivity contribution in [3.05, 3.63) is 40.1 Å². The fraction of sp³-hybridized carbons (Fsp3) is 0.286. The number of fused-ring (bicyclic) bond motifs is 1. The molecule has 2 aromatic rings. The summed E-state index contributed by atoms with van der Waals surface area (Å²) in [7, 11) is 0. The van der Waals surface area contributed by atoms with E-state index in [0.29, 0.717) is 23.5 Å². The molecule has 0 saturated carbocycles. The first-order valence-electron chi connectivity index (χ1n) is 6.26. The first-order valence-corrected chi connectivity index (χ1v) is 7.14. The van der Waals surface area contributed by atoms with Gasteiger partial charge < -0.3 is 14.6 Å². The molecule has 0 atom stereocenters. The van der Waals surface area contributed by atoms with E-state index in [2.05, 4.69) is 21.4 Å². The minimum atomic E-state index is -0.204. The van der Waals surface area contributed by atoms with E-state index < -0.39 is 0 Å². The maximum absolute atomic E-state index is 12.5. The lowest BCUT2D eigenvalue weighted by Gasteiger charge is -2.27. The van der Waals surface area contributed by atoms with Crippen LogP contribution in [-0.4, -0.2) is 38.6 Å². The molecule has 0 unspecified atom stereocenters. The highest BCUT2D eigenvalue weighted by Gasteiger charge is 2.24. The third kappa shape index (κ3) is 2.33. The number of carbonyl (C=O) groups is 1. The molecule has 1 amide bonds. The summed E-state index contributed by atoms with van der Waals surface area (Å²) in [4.78, 5) is 19.2. The first-order chi connectivity index (χ1) is 9.79. The molecule has 5 nitrogen and oxygen atoms in total. The summed E-state index contributed by atoms with van der Waals surface area (Å²) in [6.07, 6.45) is 3.69. The SMILES string of the molecule is O=C(c1sccc1C#CCO)N1CCn2ccnc2C1. The molecule has 6 heteroatoms. The van der Waals surface area contributed by atoms with E-state index >= 15 is 0 Å². The van der Waals surface area contributed by atoms with Crippen LogP contribution in [0, 0.1) is 11.8 Å². The topological polar surface area (TPSA) is 58.4 Å². The Morgan fingerprint density at radius 1 is 1.50 bits per heavy atom. The molecule has 0 radical (unpaired) electrons. The summed E-state index contributed by atoms with van der Waals surface area (Å²) in [5, 5.41) is 10.6. The molecule has 0 bridgehead atoms. The summed E-state index contributed by atoms with van der Waals surface area (Å²) >= 11 is 1.38. The average Bonchev–Trinajstić information content (AvgIpc) is 3.12. The highest BCUT2D eigenvalue weighted by atomic mass is 32.1. The number of carbonyl (C=O) groups excluding carboxylic acids is 1. The summed E-state index contributed by atoms with van der Waals surface area (Å²) in [5.41, 5.74) is 0.683. The fourth-order valence-corrected chi connectivity index (χ4v) is 3.01. The maximum atomic E-state index is 12.5. The summed E-state index contributed by atoms with van der Waals surface area (Å²) in [5.74, 6) is 6.29. The van der Waals surface area contributed by atoms with Gasteiger partial charge in [-0.25, -0.2) is 4.98 Å². The van der Waals surface area contributed by atoms with E-state index in [9.17, 15) is 4.79 Å². The van der Waals surface area contributed by atoms with Gasteiger partial charge >= 0.3 is 0 Å². The van der Waals surface area contributed by atoms with Crippen LogP contribution in [-0.2, 0) is 13.1 Å². The second-order valence-electron chi connectivity index (χ2n) is 4.39. The quantitative estimate of drug-likeness (QED) is 0.794. The van der Waals surface area contributed by atoms with Gasteiger partial charge in [0, 0.05) is 31.0 Å². The van der Waals surface area contributed by atoms with Crippen molar-refractivity contribution >= 4 is 17.2 Å². The number of aliphatic hydroxyl groups is 1. The molecule has 0 aliphatic carbocycles. The molecule has 0 fully saturated rings. The van der Waals surface area contributed by atoms with E-state index in [1.165, 1.54) is 11.3 Å². The van der Waals surface area contributed by atoms with Gasteiger partial charge in [0.15, 0.2) is 0 Å². The van der Waals surface area contributed by atoms with Crippen molar-refractivity contribution in [2.45, 2.75) is 13.1 Å². The standard InChI is InChI=1S/C14H13N3O2S/c18-8-1-2-11-3-9-20-13(11)14(19)17-7-6-16-5-4-15-12(16)10-17/h3-5,9,18H,6-8,10H2. The molecular weight excluding hydrogens is 274 g/mol. The van der Waals surface area contributed by atoms with Gasteiger partial charge in [0.25, 0.3) is 5.91 Å². The molecule has 1 aliphatic heterocycles. The average molecular weight is 287 g/mol. The highest BCUT2D eigenvalue weighted by Crippen LogP contribution is 2.21. The lowest BCUT2D eigenvalue weighted by Crippen LogP contribution is -2.38. The van der Waals surface area contributed by atoms with Crippen molar-refractivity contribution in [1.29, 1.82) is 0 Å². The Hall–Kier alpha value is -2.10. The lowest BCUT2D eigenvalue weighted by molar-refractivity contribution is 0.0712. The fourth-order valence-electron chi connectivity index (χ4n) is 2.20. The minimum absolute atomic E-state index is 0.0171. The van der Waals surface area contributed by atoms with Crippen LogP contribution in [0.25, 0.3) is 0 Å². The van der Waals surface area contributed by atoms with E-state index in [1.807, 2.05) is 17.6 Å². The first kappa shape index (κ1) is 12.9. The van der Waals surface area contributed by atoms with Gasteiger partial charge in [0.05, 0.1) is 6.54 Å². The molecule has 3 heterocycles. The van der Waals surface area contributed by atoms with Crippen LogP contribution < -0.4 is 0 Å². The Bertz CT molecular complexity index is 693. The van der Waals surface area contributed by atoms with Crippen LogP contribution in [0.2, 0.25) is 0 Å². The summed E-state index contributed by atoms with van der Waals surface area (Å²) in [6.45, 7) is 1.76. The highest BCUT2D eigenvalue weighted by molar-refractivity contribution is 7.12. The van der Waals surface area contributed by atoms with Crippen molar-refractivity contribution in [2.75, 3.05) is 13.2 Å². The van der Waals surface area contributed by atoms with Gasteiger partial charge in [0.1, 0.15) is 17.3 Å². The molecule has 0 spiro atoms. The number of hydrogen-bond donors (Lipinski definition) is 1. The van der Waals surface area contributed by atoms with Crippen LogP contribution in [0.1, 0.15) is 21.1 Å². The van der Waals surface area contributed by atoms with Crippen molar-refractivity contribution in [3.63, 3.8) is 0 Å². The van der Waals surface area contributed by atoms with Gasteiger partial charge in [0.2, 0.25) is 0 Å². The second-order valence-corrected chi connectivity index (χ2v) is 5.30. The molecule has 0 saturated heterocycles. The molecular formula is C14H13N3O2S. The predicted octanol–water partition coefficient (Wildman–Crippen LogP) is 0.944. The summed E-state index contributed by atoms with van der Waals surface area (Å²) < 4.78 is 2.06. The molecule has 1 N–H and O–H groups in total. The number of rotatable bonds is 1. The number of amides is 1. The van der Waals surface area contributed by atoms with Crippen LogP contribution in [0.4, 0.5) is 0 Å². The molecule has 20 heavy (non-hydrogen) atoms.